The number of nitrogens with zero attached hydrogens (tertiary/aromatic N) is 2. The SMILES string of the molecule is Cc1nccnc1NC1CCC(C(=O)O)CC1. The molecule has 1 aromatic heterocycles. The Bertz CT molecular complexity index is 400. The number of aliphatic carboxylic acids is 1. The Kier molecular flexibility index (Phi) is 3.56. The Morgan fingerprint density at radius 3 is 2.53 bits per heavy atom. The topological polar surface area (TPSA) is 75.1 Å². The second-order valence-electron chi connectivity index (χ2n) is 4.52. The highest BCUT2D eigenvalue weighted by Gasteiger charge is 2.26. The summed E-state index contributed by atoms with van der Waals surface area (Å²) in [4.78, 5) is 19.2. The lowest BCUT2D eigenvalue weighted by molar-refractivity contribution is -0.142. The van der Waals surface area contributed by atoms with Crippen LogP contribution in [0.1, 0.15) is 31.4 Å². The first-order valence-corrected chi connectivity index (χ1v) is 5.94. The molecule has 2 rings (SSSR count). The molecule has 1 heterocycles. The summed E-state index contributed by atoms with van der Waals surface area (Å²) in [5.74, 6) is -0.0265. The summed E-state index contributed by atoms with van der Waals surface area (Å²) in [5, 5.41) is 12.3. The van der Waals surface area contributed by atoms with E-state index in [0.29, 0.717) is 6.04 Å². The molecule has 0 unspecified atom stereocenters. The Labute approximate surface area is 100 Å². The van der Waals surface area contributed by atoms with Crippen molar-refractivity contribution in [3.8, 4) is 0 Å². The molecule has 1 saturated carbocycles. The van der Waals surface area contributed by atoms with Crippen molar-refractivity contribution in [2.24, 2.45) is 5.92 Å². The number of nitrogens with one attached hydrogen (secondary N) is 1. The van der Waals surface area contributed by atoms with E-state index in [1.807, 2.05) is 6.92 Å². The Morgan fingerprint density at radius 2 is 1.94 bits per heavy atom. The predicted octanol–water partition coefficient (Wildman–Crippen LogP) is 1.84. The summed E-state index contributed by atoms with van der Waals surface area (Å²) in [6, 6.07) is 0.320. The molecule has 0 saturated heterocycles. The number of carbonyl (C=O) groups is 1. The van der Waals surface area contributed by atoms with E-state index in [2.05, 4.69) is 15.3 Å². The van der Waals surface area contributed by atoms with Crippen molar-refractivity contribution >= 4 is 11.8 Å². The molecule has 5 nitrogen and oxygen atoms in total. The fourth-order valence-corrected chi connectivity index (χ4v) is 2.23. The van der Waals surface area contributed by atoms with Gasteiger partial charge in [0.1, 0.15) is 5.82 Å². The fourth-order valence-electron chi connectivity index (χ4n) is 2.23. The maximum Gasteiger partial charge on any atom is 0.306 e. The average molecular weight is 235 g/mol. The molecule has 5 heteroatoms. The quantitative estimate of drug-likeness (QED) is 0.836. The third-order valence-electron chi connectivity index (χ3n) is 3.30. The summed E-state index contributed by atoms with van der Waals surface area (Å²) < 4.78 is 0. The fraction of sp³-hybridized carbons (Fsp3) is 0.583. The summed E-state index contributed by atoms with van der Waals surface area (Å²) >= 11 is 0. The van der Waals surface area contributed by atoms with E-state index < -0.39 is 5.97 Å². The second-order valence-corrected chi connectivity index (χ2v) is 4.52. The number of hydrogen-bond donors (Lipinski definition) is 2. The largest absolute Gasteiger partial charge is 0.481 e. The van der Waals surface area contributed by atoms with Gasteiger partial charge in [0.25, 0.3) is 0 Å². The highest BCUT2D eigenvalue weighted by Crippen LogP contribution is 2.26. The minimum atomic E-state index is -0.667. The number of hydrogen-bond acceptors (Lipinski definition) is 4. The van der Waals surface area contributed by atoms with E-state index in [1.165, 1.54) is 0 Å². The summed E-state index contributed by atoms with van der Waals surface area (Å²) in [7, 11) is 0. The number of rotatable bonds is 3. The minimum absolute atomic E-state index is 0.170. The number of aryl methyl sites for hydroxylation is 1. The van der Waals surface area contributed by atoms with Crippen molar-refractivity contribution in [2.75, 3.05) is 5.32 Å². The molecule has 0 atom stereocenters. The molecular weight excluding hydrogens is 218 g/mol. The van der Waals surface area contributed by atoms with Crippen LogP contribution in [-0.4, -0.2) is 27.1 Å². The van der Waals surface area contributed by atoms with Gasteiger partial charge in [-0.1, -0.05) is 0 Å². The molecule has 2 N–H and O–H groups in total. The molecule has 1 aromatic rings. The van der Waals surface area contributed by atoms with E-state index in [1.54, 1.807) is 12.4 Å². The van der Waals surface area contributed by atoms with Crippen LogP contribution in [0.25, 0.3) is 0 Å². The average Bonchev–Trinajstić information content (AvgIpc) is 2.33. The minimum Gasteiger partial charge on any atom is -0.481 e. The molecule has 0 bridgehead atoms. The van der Waals surface area contributed by atoms with Crippen molar-refractivity contribution < 1.29 is 9.90 Å². The van der Waals surface area contributed by atoms with Crippen LogP contribution in [0.15, 0.2) is 12.4 Å². The second kappa shape index (κ2) is 5.12. The molecule has 0 spiro atoms. The van der Waals surface area contributed by atoms with E-state index in [-0.39, 0.29) is 5.92 Å². The first-order valence-electron chi connectivity index (χ1n) is 5.94. The van der Waals surface area contributed by atoms with Crippen LogP contribution in [-0.2, 0) is 4.79 Å². The summed E-state index contributed by atoms with van der Waals surface area (Å²) in [5.41, 5.74) is 0.882. The van der Waals surface area contributed by atoms with Gasteiger partial charge in [-0.3, -0.25) is 9.78 Å². The smallest absolute Gasteiger partial charge is 0.306 e. The van der Waals surface area contributed by atoms with Gasteiger partial charge in [0.2, 0.25) is 0 Å². The number of aromatic nitrogens is 2. The van der Waals surface area contributed by atoms with Gasteiger partial charge in [0.05, 0.1) is 11.6 Å². The zero-order chi connectivity index (χ0) is 12.3. The maximum absolute atomic E-state index is 10.8. The highest BCUT2D eigenvalue weighted by molar-refractivity contribution is 5.70. The van der Waals surface area contributed by atoms with Gasteiger partial charge >= 0.3 is 5.97 Å². The van der Waals surface area contributed by atoms with Crippen LogP contribution in [0.5, 0.6) is 0 Å². The normalized spacial score (nSPS) is 24.3. The van der Waals surface area contributed by atoms with Gasteiger partial charge < -0.3 is 10.4 Å². The van der Waals surface area contributed by atoms with Crippen LogP contribution in [0.4, 0.5) is 5.82 Å². The lowest BCUT2D eigenvalue weighted by atomic mass is 9.86. The Hall–Kier alpha value is -1.65. The lowest BCUT2D eigenvalue weighted by Gasteiger charge is -2.27. The third-order valence-corrected chi connectivity index (χ3v) is 3.30. The standard InChI is InChI=1S/C12H17N3O2/c1-8-11(14-7-6-13-8)15-10-4-2-9(3-5-10)12(16)17/h6-7,9-10H,2-5H2,1H3,(H,14,15)(H,16,17). The van der Waals surface area contributed by atoms with E-state index in [9.17, 15) is 4.79 Å². The molecule has 1 aliphatic rings. The van der Waals surface area contributed by atoms with Crippen molar-refractivity contribution in [3.63, 3.8) is 0 Å². The van der Waals surface area contributed by atoms with Crippen LogP contribution in [0.2, 0.25) is 0 Å². The van der Waals surface area contributed by atoms with Crippen molar-refractivity contribution in [1.29, 1.82) is 0 Å². The van der Waals surface area contributed by atoms with Gasteiger partial charge in [0, 0.05) is 18.4 Å². The molecular formula is C12H17N3O2. The van der Waals surface area contributed by atoms with Gasteiger partial charge in [-0.25, -0.2) is 4.98 Å². The van der Waals surface area contributed by atoms with Crippen molar-refractivity contribution in [3.05, 3.63) is 18.1 Å². The Morgan fingerprint density at radius 1 is 1.29 bits per heavy atom. The molecule has 0 aromatic carbocycles. The van der Waals surface area contributed by atoms with Crippen LogP contribution >= 0.6 is 0 Å². The monoisotopic (exact) mass is 235 g/mol. The summed E-state index contributed by atoms with van der Waals surface area (Å²) in [6.07, 6.45) is 6.58. The predicted molar refractivity (Wildman–Crippen MR) is 63.8 cm³/mol. The van der Waals surface area contributed by atoms with Gasteiger partial charge in [0.15, 0.2) is 0 Å². The van der Waals surface area contributed by atoms with E-state index in [4.69, 9.17) is 5.11 Å². The molecule has 1 aliphatic carbocycles. The lowest BCUT2D eigenvalue weighted by Crippen LogP contribution is -2.29. The van der Waals surface area contributed by atoms with Crippen LogP contribution in [0, 0.1) is 12.8 Å². The van der Waals surface area contributed by atoms with E-state index >= 15 is 0 Å². The molecule has 0 radical (unpaired) electrons. The van der Waals surface area contributed by atoms with Crippen LogP contribution in [0.3, 0.4) is 0 Å². The first kappa shape index (κ1) is 11.8. The molecule has 1 fully saturated rings. The number of carboxylic acids is 1. The van der Waals surface area contributed by atoms with Gasteiger partial charge in [-0.2, -0.15) is 0 Å². The van der Waals surface area contributed by atoms with Crippen molar-refractivity contribution in [2.45, 2.75) is 38.6 Å². The first-order chi connectivity index (χ1) is 8.16. The summed E-state index contributed by atoms with van der Waals surface area (Å²) in [6.45, 7) is 1.91. The number of anilines is 1. The molecule has 92 valence electrons. The van der Waals surface area contributed by atoms with Gasteiger partial charge in [-0.15, -0.1) is 0 Å². The van der Waals surface area contributed by atoms with E-state index in [0.717, 1.165) is 37.2 Å². The van der Waals surface area contributed by atoms with Crippen molar-refractivity contribution in [1.82, 2.24) is 9.97 Å². The Balaban J connectivity index is 1.90. The van der Waals surface area contributed by atoms with Gasteiger partial charge in [-0.05, 0) is 32.6 Å². The zero-order valence-corrected chi connectivity index (χ0v) is 9.89. The zero-order valence-electron chi connectivity index (χ0n) is 9.89. The molecule has 0 aliphatic heterocycles. The highest BCUT2D eigenvalue weighted by atomic mass is 16.4. The third kappa shape index (κ3) is 2.93. The van der Waals surface area contributed by atoms with Crippen LogP contribution < -0.4 is 5.32 Å². The number of carboxylic acid groups (broad SMARTS) is 1. The molecule has 0 amide bonds. The maximum atomic E-state index is 10.8. The molecule has 17 heavy (non-hydrogen) atoms.